The molecule has 5 nitrogen and oxygen atoms in total. The molecule has 0 aliphatic rings. The van der Waals surface area contributed by atoms with E-state index in [0.29, 0.717) is 21.6 Å². The Morgan fingerprint density at radius 2 is 2.37 bits per heavy atom. The highest BCUT2D eigenvalue weighted by atomic mass is 35.5. The third-order valence-corrected chi connectivity index (χ3v) is 3.39. The van der Waals surface area contributed by atoms with Gasteiger partial charge < -0.3 is 15.5 Å². The molecule has 0 bridgehead atoms. The number of halogens is 1. The first kappa shape index (κ1) is 13.8. The number of anilines is 2. The molecule has 1 aromatic carbocycles. The van der Waals surface area contributed by atoms with Crippen molar-refractivity contribution in [2.24, 2.45) is 0 Å². The van der Waals surface area contributed by atoms with Crippen LogP contribution in [0.2, 0.25) is 5.02 Å². The molecule has 0 saturated heterocycles. The van der Waals surface area contributed by atoms with Crippen molar-refractivity contribution in [3.05, 3.63) is 35.2 Å². The van der Waals surface area contributed by atoms with Crippen molar-refractivity contribution in [2.75, 3.05) is 16.8 Å². The predicted molar refractivity (Wildman–Crippen MR) is 76.5 cm³/mol. The minimum atomic E-state index is -0.164. The molecule has 0 unspecified atom stereocenters. The fourth-order valence-corrected chi connectivity index (χ4v) is 2.11. The van der Waals surface area contributed by atoms with Crippen LogP contribution < -0.4 is 11.1 Å². The molecule has 0 spiro atoms. The van der Waals surface area contributed by atoms with E-state index in [1.807, 2.05) is 6.92 Å². The number of aromatic nitrogens is 1. The van der Waals surface area contributed by atoms with E-state index in [-0.39, 0.29) is 11.7 Å². The van der Waals surface area contributed by atoms with Crippen LogP contribution in [0.5, 0.6) is 0 Å². The second kappa shape index (κ2) is 5.99. The Balaban J connectivity index is 1.88. The third-order valence-electron chi connectivity index (χ3n) is 2.20. The van der Waals surface area contributed by atoms with E-state index in [2.05, 4.69) is 10.3 Å². The molecule has 2 aromatic rings. The Labute approximate surface area is 119 Å². The van der Waals surface area contributed by atoms with E-state index in [1.165, 1.54) is 11.8 Å². The molecule has 1 aromatic heterocycles. The van der Waals surface area contributed by atoms with Gasteiger partial charge in [-0.1, -0.05) is 23.4 Å². The maximum Gasteiger partial charge on any atom is 0.256 e. The van der Waals surface area contributed by atoms with Crippen molar-refractivity contribution in [3.63, 3.8) is 0 Å². The molecular weight excluding hydrogens is 286 g/mol. The zero-order valence-electron chi connectivity index (χ0n) is 10.1. The number of nitrogens with zero attached hydrogens (tertiary/aromatic N) is 1. The van der Waals surface area contributed by atoms with Crippen LogP contribution in [0.15, 0.2) is 34.1 Å². The molecule has 0 aliphatic heterocycles. The molecule has 19 heavy (non-hydrogen) atoms. The molecule has 0 atom stereocenters. The number of rotatable bonds is 4. The van der Waals surface area contributed by atoms with Gasteiger partial charge in [0.2, 0.25) is 5.91 Å². The highest BCUT2D eigenvalue weighted by Crippen LogP contribution is 2.23. The molecule has 7 heteroatoms. The summed E-state index contributed by atoms with van der Waals surface area (Å²) in [5, 5.41) is 3.66. The van der Waals surface area contributed by atoms with E-state index < -0.39 is 0 Å². The summed E-state index contributed by atoms with van der Waals surface area (Å²) < 4.78 is 5.13. The fraction of sp³-hybridized carbons (Fsp3) is 0.167. The molecule has 2 rings (SSSR count). The third kappa shape index (κ3) is 3.90. The van der Waals surface area contributed by atoms with Crippen LogP contribution in [0.1, 0.15) is 5.69 Å². The zero-order chi connectivity index (χ0) is 13.8. The number of nitrogens with two attached hydrogens (primary N) is 1. The van der Waals surface area contributed by atoms with Crippen LogP contribution in [0.4, 0.5) is 11.4 Å². The summed E-state index contributed by atoms with van der Waals surface area (Å²) in [6.45, 7) is 1.82. The first-order chi connectivity index (χ1) is 9.04. The molecular formula is C12H12ClN3O2S. The van der Waals surface area contributed by atoms with E-state index in [1.54, 1.807) is 24.5 Å². The Morgan fingerprint density at radius 1 is 1.58 bits per heavy atom. The number of oxazole rings is 1. The second-order valence-corrected chi connectivity index (χ2v) is 5.16. The maximum atomic E-state index is 11.7. The summed E-state index contributed by atoms with van der Waals surface area (Å²) >= 11 is 7.03. The minimum Gasteiger partial charge on any atom is -0.440 e. The summed E-state index contributed by atoms with van der Waals surface area (Å²) in [5.74, 6) is 0.0465. The van der Waals surface area contributed by atoms with Gasteiger partial charge in [-0.3, -0.25) is 4.79 Å². The number of hydrogen-bond donors (Lipinski definition) is 2. The van der Waals surface area contributed by atoms with Crippen LogP contribution in [0.25, 0.3) is 0 Å². The number of carbonyl (C=O) groups excluding carboxylic acids is 1. The lowest BCUT2D eigenvalue weighted by atomic mass is 10.3. The largest absolute Gasteiger partial charge is 0.440 e. The van der Waals surface area contributed by atoms with Gasteiger partial charge in [-0.15, -0.1) is 0 Å². The number of thioether (sulfide) groups is 1. The lowest BCUT2D eigenvalue weighted by Crippen LogP contribution is -2.14. The summed E-state index contributed by atoms with van der Waals surface area (Å²) in [7, 11) is 0. The zero-order valence-corrected chi connectivity index (χ0v) is 11.7. The monoisotopic (exact) mass is 297 g/mol. The summed E-state index contributed by atoms with van der Waals surface area (Å²) in [4.78, 5) is 15.8. The average Bonchev–Trinajstić information content (AvgIpc) is 2.77. The van der Waals surface area contributed by atoms with Gasteiger partial charge in [0, 0.05) is 5.69 Å². The van der Waals surface area contributed by atoms with Crippen LogP contribution in [0.3, 0.4) is 0 Å². The van der Waals surface area contributed by atoms with Gasteiger partial charge in [0.15, 0.2) is 0 Å². The van der Waals surface area contributed by atoms with Crippen molar-refractivity contribution < 1.29 is 9.21 Å². The topological polar surface area (TPSA) is 81.2 Å². The number of nitrogen functional groups attached to an aromatic ring is 1. The lowest BCUT2D eigenvalue weighted by molar-refractivity contribution is -0.113. The predicted octanol–water partition coefficient (Wildman–Crippen LogP) is 2.95. The van der Waals surface area contributed by atoms with Gasteiger partial charge in [-0.2, -0.15) is 0 Å². The number of nitrogens with one attached hydrogen (secondary N) is 1. The Kier molecular flexibility index (Phi) is 4.34. The van der Waals surface area contributed by atoms with Crippen molar-refractivity contribution in [3.8, 4) is 0 Å². The Morgan fingerprint density at radius 3 is 3.00 bits per heavy atom. The van der Waals surface area contributed by atoms with Crippen LogP contribution in [-0.2, 0) is 4.79 Å². The van der Waals surface area contributed by atoms with Crippen molar-refractivity contribution in [1.82, 2.24) is 4.98 Å². The van der Waals surface area contributed by atoms with Crippen molar-refractivity contribution in [1.29, 1.82) is 0 Å². The highest BCUT2D eigenvalue weighted by Gasteiger charge is 2.08. The first-order valence-corrected chi connectivity index (χ1v) is 6.81. The van der Waals surface area contributed by atoms with Crippen LogP contribution in [0, 0.1) is 6.92 Å². The van der Waals surface area contributed by atoms with Gasteiger partial charge in [-0.25, -0.2) is 4.98 Å². The SMILES string of the molecule is Cc1coc(SCC(=O)Nc2ccc(Cl)c(N)c2)n1. The van der Waals surface area contributed by atoms with Gasteiger partial charge in [0.05, 0.1) is 22.2 Å². The van der Waals surface area contributed by atoms with E-state index in [0.717, 1.165) is 5.69 Å². The van der Waals surface area contributed by atoms with Gasteiger partial charge in [0.25, 0.3) is 5.22 Å². The summed E-state index contributed by atoms with van der Waals surface area (Å²) in [5.41, 5.74) is 7.47. The lowest BCUT2D eigenvalue weighted by Gasteiger charge is -2.05. The Bertz CT molecular complexity index is 600. The number of aryl methyl sites for hydroxylation is 1. The number of hydrogen-bond acceptors (Lipinski definition) is 5. The summed E-state index contributed by atoms with van der Waals surface area (Å²) in [6.07, 6.45) is 1.54. The Hall–Kier alpha value is -1.66. The van der Waals surface area contributed by atoms with E-state index >= 15 is 0 Å². The molecule has 100 valence electrons. The normalized spacial score (nSPS) is 10.4. The fourth-order valence-electron chi connectivity index (χ4n) is 1.34. The van der Waals surface area contributed by atoms with Gasteiger partial charge in [0.1, 0.15) is 6.26 Å². The van der Waals surface area contributed by atoms with Gasteiger partial charge >= 0.3 is 0 Å². The van der Waals surface area contributed by atoms with Crippen molar-refractivity contribution in [2.45, 2.75) is 12.1 Å². The number of carbonyl (C=O) groups is 1. The number of benzene rings is 1. The average molecular weight is 298 g/mol. The van der Waals surface area contributed by atoms with Crippen molar-refractivity contribution >= 4 is 40.6 Å². The molecule has 0 fully saturated rings. The standard InChI is InChI=1S/C12H12ClN3O2S/c1-7-5-18-12(15-7)19-6-11(17)16-8-2-3-9(13)10(14)4-8/h2-5H,6,14H2,1H3,(H,16,17). The highest BCUT2D eigenvalue weighted by molar-refractivity contribution is 7.99. The second-order valence-electron chi connectivity index (χ2n) is 3.83. The molecule has 1 heterocycles. The molecule has 1 amide bonds. The summed E-state index contributed by atoms with van der Waals surface area (Å²) in [6, 6.07) is 4.94. The van der Waals surface area contributed by atoms with Crippen LogP contribution in [-0.4, -0.2) is 16.6 Å². The maximum absolute atomic E-state index is 11.7. The molecule has 0 saturated carbocycles. The van der Waals surface area contributed by atoms with Crippen LogP contribution >= 0.6 is 23.4 Å². The minimum absolute atomic E-state index is 0.164. The molecule has 0 aliphatic carbocycles. The quantitative estimate of drug-likeness (QED) is 0.670. The smallest absolute Gasteiger partial charge is 0.256 e. The van der Waals surface area contributed by atoms with E-state index in [4.69, 9.17) is 21.8 Å². The van der Waals surface area contributed by atoms with E-state index in [9.17, 15) is 4.79 Å². The first-order valence-electron chi connectivity index (χ1n) is 5.44. The molecule has 3 N–H and O–H groups in total. The number of amides is 1. The molecule has 0 radical (unpaired) electrons. The van der Waals surface area contributed by atoms with Gasteiger partial charge in [-0.05, 0) is 25.1 Å².